The largest absolute Gasteiger partial charge is 0.507 e. The van der Waals surface area contributed by atoms with E-state index in [4.69, 9.17) is 0 Å². The van der Waals surface area contributed by atoms with Crippen LogP contribution in [0.3, 0.4) is 0 Å². The Morgan fingerprint density at radius 2 is 2.11 bits per heavy atom. The second-order valence-electron chi connectivity index (χ2n) is 5.73. The van der Waals surface area contributed by atoms with Crippen molar-refractivity contribution in [3.8, 4) is 5.75 Å². The zero-order valence-corrected chi connectivity index (χ0v) is 11.7. The van der Waals surface area contributed by atoms with E-state index in [1.165, 1.54) is 12.1 Å². The number of benzene rings is 1. The molecule has 1 saturated heterocycles. The highest BCUT2D eigenvalue weighted by atomic mass is 19.1. The Labute approximate surface area is 114 Å². The van der Waals surface area contributed by atoms with Crippen LogP contribution < -0.4 is 5.32 Å². The molecule has 19 heavy (non-hydrogen) atoms. The van der Waals surface area contributed by atoms with Gasteiger partial charge in [-0.05, 0) is 70.1 Å². The van der Waals surface area contributed by atoms with Crippen molar-refractivity contribution in [2.45, 2.75) is 25.8 Å². The first-order valence-electron chi connectivity index (χ1n) is 6.92. The molecular weight excluding hydrogens is 243 g/mol. The molecule has 1 aromatic rings. The summed E-state index contributed by atoms with van der Waals surface area (Å²) in [6, 6.07) is 2.90. The Bertz CT molecular complexity index is 428. The van der Waals surface area contributed by atoms with Gasteiger partial charge in [-0.1, -0.05) is 0 Å². The number of piperidine rings is 1. The lowest BCUT2D eigenvalue weighted by Gasteiger charge is -2.23. The number of nitrogens with zero attached hydrogens (tertiary/aromatic N) is 1. The molecule has 1 unspecified atom stereocenters. The summed E-state index contributed by atoms with van der Waals surface area (Å²) in [4.78, 5) is 1.93. The summed E-state index contributed by atoms with van der Waals surface area (Å²) >= 11 is 0. The van der Waals surface area contributed by atoms with Crippen LogP contribution in [0.4, 0.5) is 4.39 Å². The van der Waals surface area contributed by atoms with Crippen molar-refractivity contribution < 1.29 is 9.50 Å². The van der Waals surface area contributed by atoms with Crippen molar-refractivity contribution in [1.29, 1.82) is 0 Å². The Morgan fingerprint density at radius 1 is 1.37 bits per heavy atom. The van der Waals surface area contributed by atoms with Gasteiger partial charge in [0, 0.05) is 12.1 Å². The van der Waals surface area contributed by atoms with Gasteiger partial charge in [0.15, 0.2) is 0 Å². The molecule has 1 atom stereocenters. The molecule has 0 aromatic heterocycles. The summed E-state index contributed by atoms with van der Waals surface area (Å²) in [5.74, 6) is 0.503. The molecule has 0 bridgehead atoms. The quantitative estimate of drug-likeness (QED) is 0.876. The van der Waals surface area contributed by atoms with E-state index < -0.39 is 0 Å². The fourth-order valence-electron chi connectivity index (χ4n) is 2.74. The molecule has 0 amide bonds. The van der Waals surface area contributed by atoms with Crippen LogP contribution in [0, 0.1) is 11.7 Å². The van der Waals surface area contributed by atoms with Crippen LogP contribution in [0.2, 0.25) is 0 Å². The number of halogens is 1. The first-order chi connectivity index (χ1) is 9.06. The molecule has 1 aliphatic heterocycles. The van der Waals surface area contributed by atoms with E-state index in [9.17, 15) is 9.50 Å². The summed E-state index contributed by atoms with van der Waals surface area (Å²) in [5.41, 5.74) is 1.41. The maximum atomic E-state index is 13.7. The van der Waals surface area contributed by atoms with Gasteiger partial charge in [0.25, 0.3) is 0 Å². The van der Waals surface area contributed by atoms with Crippen LogP contribution >= 0.6 is 0 Å². The second kappa shape index (κ2) is 6.35. The molecule has 1 fully saturated rings. The van der Waals surface area contributed by atoms with Gasteiger partial charge < -0.3 is 15.3 Å². The average molecular weight is 266 g/mol. The smallest absolute Gasteiger partial charge is 0.124 e. The van der Waals surface area contributed by atoms with Crippen LogP contribution in [0.1, 0.15) is 24.0 Å². The van der Waals surface area contributed by atoms with E-state index in [0.717, 1.165) is 37.9 Å². The van der Waals surface area contributed by atoms with Crippen LogP contribution in [-0.4, -0.2) is 37.2 Å². The van der Waals surface area contributed by atoms with Crippen molar-refractivity contribution in [1.82, 2.24) is 10.2 Å². The van der Waals surface area contributed by atoms with Gasteiger partial charge in [0.05, 0.1) is 0 Å². The summed E-state index contributed by atoms with van der Waals surface area (Å²) in [7, 11) is 3.82. The van der Waals surface area contributed by atoms with E-state index >= 15 is 0 Å². The summed E-state index contributed by atoms with van der Waals surface area (Å²) in [5, 5.41) is 13.6. The lowest BCUT2D eigenvalue weighted by molar-refractivity contribution is 0.361. The molecule has 0 radical (unpaired) electrons. The Kier molecular flexibility index (Phi) is 4.77. The zero-order valence-electron chi connectivity index (χ0n) is 11.7. The minimum atomic E-state index is -0.256. The lowest BCUT2D eigenvalue weighted by atomic mass is 9.91. The Morgan fingerprint density at radius 3 is 2.74 bits per heavy atom. The number of hydrogen-bond donors (Lipinski definition) is 2. The number of nitrogens with one attached hydrogen (secondary N) is 1. The fourth-order valence-corrected chi connectivity index (χ4v) is 2.74. The average Bonchev–Trinajstić information content (AvgIpc) is 2.35. The van der Waals surface area contributed by atoms with Gasteiger partial charge in [-0.2, -0.15) is 0 Å². The van der Waals surface area contributed by atoms with Crippen molar-refractivity contribution in [3.63, 3.8) is 0 Å². The third-order valence-corrected chi connectivity index (χ3v) is 3.63. The number of hydrogen-bond acceptors (Lipinski definition) is 3. The molecule has 0 spiro atoms. The second-order valence-corrected chi connectivity index (χ2v) is 5.73. The first-order valence-corrected chi connectivity index (χ1v) is 6.92. The Balaban J connectivity index is 2.16. The molecule has 4 heteroatoms. The van der Waals surface area contributed by atoms with Crippen molar-refractivity contribution in [2.24, 2.45) is 5.92 Å². The van der Waals surface area contributed by atoms with Crippen LogP contribution in [0.25, 0.3) is 0 Å². The highest BCUT2D eigenvalue weighted by molar-refractivity contribution is 5.41. The summed E-state index contributed by atoms with van der Waals surface area (Å²) in [6.45, 7) is 2.58. The molecule has 3 nitrogen and oxygen atoms in total. The highest BCUT2D eigenvalue weighted by Gasteiger charge is 2.18. The molecule has 0 aliphatic carbocycles. The van der Waals surface area contributed by atoms with E-state index in [-0.39, 0.29) is 11.6 Å². The normalized spacial score (nSPS) is 19.9. The SMILES string of the molecule is CN(C)Cc1cc(F)cc(CC2CCCNC2)c1O. The van der Waals surface area contributed by atoms with E-state index in [1.54, 1.807) is 0 Å². The van der Waals surface area contributed by atoms with Crippen molar-refractivity contribution in [3.05, 3.63) is 29.1 Å². The topological polar surface area (TPSA) is 35.5 Å². The number of aromatic hydroxyl groups is 1. The molecule has 0 saturated carbocycles. The number of phenols is 1. The van der Waals surface area contributed by atoms with Gasteiger partial charge in [-0.3, -0.25) is 0 Å². The molecule has 2 N–H and O–H groups in total. The predicted molar refractivity (Wildman–Crippen MR) is 74.8 cm³/mol. The van der Waals surface area contributed by atoms with E-state index in [2.05, 4.69) is 5.32 Å². The summed E-state index contributed by atoms with van der Waals surface area (Å²) in [6.07, 6.45) is 3.05. The minimum Gasteiger partial charge on any atom is -0.507 e. The molecule has 2 rings (SSSR count). The van der Waals surface area contributed by atoms with Gasteiger partial charge in [-0.15, -0.1) is 0 Å². The standard InChI is InChI=1S/C15H23FN2O/c1-18(2)10-13-8-14(16)7-12(15(13)19)6-11-4-3-5-17-9-11/h7-8,11,17,19H,3-6,9-10H2,1-2H3. The molecule has 1 aromatic carbocycles. The maximum Gasteiger partial charge on any atom is 0.124 e. The summed E-state index contributed by atoms with van der Waals surface area (Å²) < 4.78 is 13.7. The molecular formula is C15H23FN2O. The number of rotatable bonds is 4. The fraction of sp³-hybridized carbons (Fsp3) is 0.600. The Hall–Kier alpha value is -1.13. The molecule has 1 aliphatic rings. The van der Waals surface area contributed by atoms with Crippen LogP contribution in [-0.2, 0) is 13.0 Å². The van der Waals surface area contributed by atoms with Crippen molar-refractivity contribution in [2.75, 3.05) is 27.2 Å². The minimum absolute atomic E-state index is 0.256. The van der Waals surface area contributed by atoms with Gasteiger partial charge >= 0.3 is 0 Å². The maximum absolute atomic E-state index is 13.7. The van der Waals surface area contributed by atoms with Gasteiger partial charge in [-0.25, -0.2) is 4.39 Å². The van der Waals surface area contributed by atoms with Crippen LogP contribution in [0.5, 0.6) is 5.75 Å². The van der Waals surface area contributed by atoms with E-state index in [0.29, 0.717) is 18.0 Å². The van der Waals surface area contributed by atoms with Crippen molar-refractivity contribution >= 4 is 0 Å². The van der Waals surface area contributed by atoms with Gasteiger partial charge in [0.2, 0.25) is 0 Å². The van der Waals surface area contributed by atoms with Gasteiger partial charge in [0.1, 0.15) is 11.6 Å². The predicted octanol–water partition coefficient (Wildman–Crippen LogP) is 2.14. The lowest BCUT2D eigenvalue weighted by Crippen LogP contribution is -2.30. The zero-order chi connectivity index (χ0) is 13.8. The highest BCUT2D eigenvalue weighted by Crippen LogP contribution is 2.28. The third kappa shape index (κ3) is 3.91. The third-order valence-electron chi connectivity index (χ3n) is 3.63. The first kappa shape index (κ1) is 14.3. The molecule has 1 heterocycles. The monoisotopic (exact) mass is 266 g/mol. The molecule has 106 valence electrons. The number of phenolic OH excluding ortho intramolecular Hbond substituents is 1. The van der Waals surface area contributed by atoms with E-state index in [1.807, 2.05) is 19.0 Å². The van der Waals surface area contributed by atoms with Crippen LogP contribution in [0.15, 0.2) is 12.1 Å².